The van der Waals surface area contributed by atoms with Gasteiger partial charge in [-0.2, -0.15) is 0 Å². The Labute approximate surface area is 131 Å². The maximum absolute atomic E-state index is 12.4. The molecule has 1 aliphatic rings. The predicted octanol–water partition coefficient (Wildman–Crippen LogP) is 0.578. The first-order chi connectivity index (χ1) is 9.30. The van der Waals surface area contributed by atoms with Gasteiger partial charge in [0.1, 0.15) is 0 Å². The SMILES string of the molecule is CC1NCCN(C(=O)c2ccc(S(N)(=O)=O)cc2)C1C.Cl. The molecule has 0 radical (unpaired) electrons. The van der Waals surface area contributed by atoms with E-state index in [0.717, 1.165) is 6.54 Å². The molecule has 0 saturated carbocycles. The molecular weight excluding hydrogens is 314 g/mol. The van der Waals surface area contributed by atoms with Crippen molar-refractivity contribution < 1.29 is 13.2 Å². The Bertz CT molecular complexity index is 604. The highest BCUT2D eigenvalue weighted by Crippen LogP contribution is 2.15. The van der Waals surface area contributed by atoms with E-state index in [1.807, 2.05) is 13.8 Å². The van der Waals surface area contributed by atoms with Crippen LogP contribution in [0.1, 0.15) is 24.2 Å². The van der Waals surface area contributed by atoms with Gasteiger partial charge >= 0.3 is 0 Å². The average molecular weight is 334 g/mol. The largest absolute Gasteiger partial charge is 0.333 e. The lowest BCUT2D eigenvalue weighted by molar-refractivity contribution is 0.0603. The van der Waals surface area contributed by atoms with E-state index in [2.05, 4.69) is 5.32 Å². The Hall–Kier alpha value is -1.15. The summed E-state index contributed by atoms with van der Waals surface area (Å²) in [5, 5.41) is 8.34. The molecule has 6 nitrogen and oxygen atoms in total. The van der Waals surface area contributed by atoms with Gasteiger partial charge in [0.15, 0.2) is 0 Å². The zero-order valence-corrected chi connectivity index (χ0v) is 13.6. The molecule has 1 aromatic carbocycles. The van der Waals surface area contributed by atoms with Crippen LogP contribution in [0.5, 0.6) is 0 Å². The van der Waals surface area contributed by atoms with Crippen LogP contribution in [-0.2, 0) is 10.0 Å². The molecule has 1 aromatic rings. The second-order valence-electron chi connectivity index (χ2n) is 5.05. The highest BCUT2D eigenvalue weighted by Gasteiger charge is 2.28. The van der Waals surface area contributed by atoms with Gasteiger partial charge in [-0.05, 0) is 38.1 Å². The summed E-state index contributed by atoms with van der Waals surface area (Å²) < 4.78 is 22.4. The minimum absolute atomic E-state index is 0. The van der Waals surface area contributed by atoms with E-state index in [1.165, 1.54) is 24.3 Å². The number of carbonyl (C=O) groups is 1. The van der Waals surface area contributed by atoms with Crippen LogP contribution >= 0.6 is 12.4 Å². The molecule has 0 aliphatic carbocycles. The van der Waals surface area contributed by atoms with Gasteiger partial charge in [-0.25, -0.2) is 13.6 Å². The van der Waals surface area contributed by atoms with Crippen molar-refractivity contribution in [2.24, 2.45) is 5.14 Å². The number of benzene rings is 1. The summed E-state index contributed by atoms with van der Waals surface area (Å²) >= 11 is 0. The minimum atomic E-state index is -3.72. The van der Waals surface area contributed by atoms with Crippen LogP contribution in [0.4, 0.5) is 0 Å². The van der Waals surface area contributed by atoms with E-state index >= 15 is 0 Å². The Kier molecular flexibility index (Phi) is 5.75. The fourth-order valence-electron chi connectivity index (χ4n) is 2.30. The van der Waals surface area contributed by atoms with Gasteiger partial charge in [0.2, 0.25) is 10.0 Å². The fourth-order valence-corrected chi connectivity index (χ4v) is 2.81. The van der Waals surface area contributed by atoms with Crippen LogP contribution in [-0.4, -0.2) is 44.4 Å². The summed E-state index contributed by atoms with van der Waals surface area (Å²) in [4.78, 5) is 14.2. The zero-order chi connectivity index (χ0) is 14.9. The van der Waals surface area contributed by atoms with Gasteiger partial charge < -0.3 is 10.2 Å². The van der Waals surface area contributed by atoms with Crippen molar-refractivity contribution in [2.75, 3.05) is 13.1 Å². The number of amides is 1. The minimum Gasteiger partial charge on any atom is -0.333 e. The molecule has 1 saturated heterocycles. The monoisotopic (exact) mass is 333 g/mol. The summed E-state index contributed by atoms with van der Waals surface area (Å²) in [5.41, 5.74) is 0.471. The summed E-state index contributed by atoms with van der Waals surface area (Å²) in [6, 6.07) is 6.05. The average Bonchev–Trinajstić information content (AvgIpc) is 2.40. The third kappa shape index (κ3) is 3.94. The first-order valence-electron chi connectivity index (χ1n) is 6.48. The third-order valence-corrected chi connectivity index (χ3v) is 4.65. The highest BCUT2D eigenvalue weighted by atomic mass is 35.5. The molecule has 3 N–H and O–H groups in total. The van der Waals surface area contributed by atoms with Gasteiger partial charge in [-0.3, -0.25) is 4.79 Å². The van der Waals surface area contributed by atoms with E-state index in [1.54, 1.807) is 4.90 Å². The summed E-state index contributed by atoms with van der Waals surface area (Å²) in [6.07, 6.45) is 0. The van der Waals surface area contributed by atoms with Crippen LogP contribution < -0.4 is 10.5 Å². The van der Waals surface area contributed by atoms with E-state index in [0.29, 0.717) is 12.1 Å². The standard InChI is InChI=1S/C13H19N3O3S.ClH/c1-9-10(2)16(8-7-15-9)13(17)11-3-5-12(6-4-11)20(14,18)19;/h3-6,9-10,15H,7-8H2,1-2H3,(H2,14,18,19);1H. The molecule has 118 valence electrons. The maximum atomic E-state index is 12.4. The Morgan fingerprint density at radius 3 is 2.38 bits per heavy atom. The summed E-state index contributed by atoms with van der Waals surface area (Å²) in [6.45, 7) is 5.43. The number of rotatable bonds is 2. The van der Waals surface area contributed by atoms with Crippen LogP contribution in [0.3, 0.4) is 0 Å². The van der Waals surface area contributed by atoms with Crippen molar-refractivity contribution in [3.05, 3.63) is 29.8 Å². The molecule has 2 rings (SSSR count). The smallest absolute Gasteiger partial charge is 0.254 e. The molecule has 1 fully saturated rings. The molecule has 21 heavy (non-hydrogen) atoms. The summed E-state index contributed by atoms with van der Waals surface area (Å²) in [7, 11) is -3.72. The van der Waals surface area contributed by atoms with Crippen molar-refractivity contribution in [1.82, 2.24) is 10.2 Å². The lowest BCUT2D eigenvalue weighted by Crippen LogP contribution is -2.57. The zero-order valence-electron chi connectivity index (χ0n) is 11.9. The van der Waals surface area contributed by atoms with Gasteiger partial charge in [-0.1, -0.05) is 0 Å². The molecule has 0 bridgehead atoms. The summed E-state index contributed by atoms with van der Waals surface area (Å²) in [5.74, 6) is -0.0909. The lowest BCUT2D eigenvalue weighted by atomic mass is 10.1. The molecule has 1 heterocycles. The Balaban J connectivity index is 0.00000220. The van der Waals surface area contributed by atoms with Crippen molar-refractivity contribution in [2.45, 2.75) is 30.8 Å². The molecule has 1 amide bonds. The van der Waals surface area contributed by atoms with Crippen LogP contribution in [0.2, 0.25) is 0 Å². The van der Waals surface area contributed by atoms with Crippen LogP contribution in [0.15, 0.2) is 29.2 Å². The number of halogens is 1. The van der Waals surface area contributed by atoms with Gasteiger partial charge in [0.05, 0.1) is 4.90 Å². The second-order valence-corrected chi connectivity index (χ2v) is 6.61. The molecule has 0 aromatic heterocycles. The molecular formula is C13H20ClN3O3S. The lowest BCUT2D eigenvalue weighted by Gasteiger charge is -2.38. The number of nitrogens with two attached hydrogens (primary N) is 1. The molecule has 2 unspecified atom stereocenters. The predicted molar refractivity (Wildman–Crippen MR) is 83.0 cm³/mol. The molecule has 2 atom stereocenters. The number of nitrogens with one attached hydrogen (secondary N) is 1. The Morgan fingerprint density at radius 2 is 1.86 bits per heavy atom. The molecule has 0 spiro atoms. The normalized spacial score (nSPS) is 22.5. The quantitative estimate of drug-likeness (QED) is 0.828. The third-order valence-electron chi connectivity index (χ3n) is 3.72. The molecule has 8 heteroatoms. The number of hydrogen-bond donors (Lipinski definition) is 2. The van der Waals surface area contributed by atoms with E-state index in [9.17, 15) is 13.2 Å². The van der Waals surface area contributed by atoms with Crippen molar-refractivity contribution in [3.8, 4) is 0 Å². The van der Waals surface area contributed by atoms with Crippen LogP contribution in [0.25, 0.3) is 0 Å². The number of nitrogens with zero attached hydrogens (tertiary/aromatic N) is 1. The van der Waals surface area contributed by atoms with Crippen molar-refractivity contribution in [1.29, 1.82) is 0 Å². The van der Waals surface area contributed by atoms with Crippen LogP contribution in [0, 0.1) is 0 Å². The molecule has 1 aliphatic heterocycles. The second kappa shape index (κ2) is 6.74. The van der Waals surface area contributed by atoms with E-state index in [4.69, 9.17) is 5.14 Å². The Morgan fingerprint density at radius 1 is 1.29 bits per heavy atom. The maximum Gasteiger partial charge on any atom is 0.254 e. The number of primary sulfonamides is 1. The number of carbonyl (C=O) groups excluding carboxylic acids is 1. The first-order valence-corrected chi connectivity index (χ1v) is 8.02. The van der Waals surface area contributed by atoms with E-state index < -0.39 is 10.0 Å². The van der Waals surface area contributed by atoms with E-state index in [-0.39, 0.29) is 35.3 Å². The number of sulfonamides is 1. The van der Waals surface area contributed by atoms with Crippen molar-refractivity contribution in [3.63, 3.8) is 0 Å². The number of piperazine rings is 1. The topological polar surface area (TPSA) is 92.5 Å². The van der Waals surface area contributed by atoms with Gasteiger partial charge in [0.25, 0.3) is 5.91 Å². The highest BCUT2D eigenvalue weighted by molar-refractivity contribution is 7.89. The first kappa shape index (κ1) is 17.9. The number of hydrogen-bond acceptors (Lipinski definition) is 4. The fraction of sp³-hybridized carbons (Fsp3) is 0.462. The van der Waals surface area contributed by atoms with Gasteiger partial charge in [-0.15, -0.1) is 12.4 Å². The van der Waals surface area contributed by atoms with Crippen molar-refractivity contribution >= 4 is 28.3 Å². The van der Waals surface area contributed by atoms with Gasteiger partial charge in [0, 0.05) is 30.7 Å².